The topological polar surface area (TPSA) is 41.1 Å². The van der Waals surface area contributed by atoms with Crippen LogP contribution in [0.1, 0.15) is 33.1 Å². The minimum absolute atomic E-state index is 0.0626. The minimum Gasteiger partial charge on any atom is -0.355 e. The maximum absolute atomic E-state index is 11.4. The molecule has 1 atom stereocenters. The van der Waals surface area contributed by atoms with Crippen molar-refractivity contribution in [2.75, 3.05) is 13.1 Å². The van der Waals surface area contributed by atoms with Crippen molar-refractivity contribution in [3.8, 4) is 12.3 Å². The Kier molecular flexibility index (Phi) is 7.96. The zero-order valence-electron chi connectivity index (χ0n) is 9.10. The highest BCUT2D eigenvalue weighted by atomic mass is 16.2. The number of amides is 1. The predicted molar refractivity (Wildman–Crippen MR) is 58.8 cm³/mol. The summed E-state index contributed by atoms with van der Waals surface area (Å²) in [7, 11) is 0. The quantitative estimate of drug-likeness (QED) is 0.469. The molecule has 0 saturated carbocycles. The number of unbranched alkanes of at least 4 members (excludes halogenated alkanes) is 1. The Bertz CT molecular complexity index is 196. The van der Waals surface area contributed by atoms with Gasteiger partial charge in [-0.1, -0.05) is 6.92 Å². The summed E-state index contributed by atoms with van der Waals surface area (Å²) in [6, 6.07) is -0.126. The first-order valence-corrected chi connectivity index (χ1v) is 5.17. The van der Waals surface area contributed by atoms with E-state index in [1.165, 1.54) is 0 Å². The fraction of sp³-hybridized carbons (Fsp3) is 0.727. The van der Waals surface area contributed by atoms with Gasteiger partial charge in [-0.3, -0.25) is 4.79 Å². The molecular weight excluding hydrogens is 176 g/mol. The van der Waals surface area contributed by atoms with E-state index in [-0.39, 0.29) is 11.9 Å². The molecule has 0 spiro atoms. The molecule has 0 aromatic carbocycles. The highest BCUT2D eigenvalue weighted by Crippen LogP contribution is 1.87. The summed E-state index contributed by atoms with van der Waals surface area (Å²) in [5, 5.41) is 5.95. The Balaban J connectivity index is 3.47. The largest absolute Gasteiger partial charge is 0.355 e. The minimum atomic E-state index is -0.126. The molecule has 0 aliphatic rings. The zero-order valence-corrected chi connectivity index (χ0v) is 9.10. The lowest BCUT2D eigenvalue weighted by Gasteiger charge is -2.12. The van der Waals surface area contributed by atoms with Crippen molar-refractivity contribution in [3.63, 3.8) is 0 Å². The summed E-state index contributed by atoms with van der Waals surface area (Å²) in [5.74, 6) is 2.63. The second kappa shape index (κ2) is 8.58. The van der Waals surface area contributed by atoms with Crippen molar-refractivity contribution >= 4 is 5.91 Å². The van der Waals surface area contributed by atoms with Gasteiger partial charge in [0.25, 0.3) is 0 Å². The van der Waals surface area contributed by atoms with Gasteiger partial charge in [-0.25, -0.2) is 0 Å². The van der Waals surface area contributed by atoms with Crippen molar-refractivity contribution in [2.45, 2.75) is 39.2 Å². The summed E-state index contributed by atoms with van der Waals surface area (Å²) in [6.07, 6.45) is 7.76. The van der Waals surface area contributed by atoms with E-state index in [4.69, 9.17) is 6.42 Å². The Morgan fingerprint density at radius 3 is 2.79 bits per heavy atom. The third-order valence-corrected chi connectivity index (χ3v) is 1.89. The monoisotopic (exact) mass is 196 g/mol. The van der Waals surface area contributed by atoms with Crippen LogP contribution in [0.5, 0.6) is 0 Å². The Labute approximate surface area is 86.6 Å². The van der Waals surface area contributed by atoms with Crippen LogP contribution in [0.25, 0.3) is 0 Å². The molecule has 3 heteroatoms. The average Bonchev–Trinajstić information content (AvgIpc) is 2.20. The lowest BCUT2D eigenvalue weighted by molar-refractivity contribution is -0.122. The first kappa shape index (κ1) is 13.0. The van der Waals surface area contributed by atoms with Gasteiger partial charge in [0, 0.05) is 13.0 Å². The fourth-order valence-electron chi connectivity index (χ4n) is 1.00. The SMILES string of the molecule is C#CCCCNC(C)C(=O)NCCC. The molecule has 2 N–H and O–H groups in total. The third kappa shape index (κ3) is 6.50. The molecule has 1 amide bonds. The van der Waals surface area contributed by atoms with Crippen molar-refractivity contribution in [1.29, 1.82) is 0 Å². The zero-order chi connectivity index (χ0) is 10.8. The van der Waals surface area contributed by atoms with E-state index in [0.717, 1.165) is 32.4 Å². The molecule has 0 aliphatic carbocycles. The van der Waals surface area contributed by atoms with E-state index in [2.05, 4.69) is 16.6 Å². The standard InChI is InChI=1S/C11H20N2O/c1-4-6-7-9-12-10(3)11(14)13-8-5-2/h1,10,12H,5-9H2,2-3H3,(H,13,14). The molecule has 0 heterocycles. The highest BCUT2D eigenvalue weighted by Gasteiger charge is 2.09. The summed E-state index contributed by atoms with van der Waals surface area (Å²) >= 11 is 0. The molecule has 0 fully saturated rings. The molecule has 80 valence electrons. The molecule has 0 aromatic rings. The number of nitrogens with one attached hydrogen (secondary N) is 2. The molecular formula is C11H20N2O. The molecule has 0 aliphatic heterocycles. The van der Waals surface area contributed by atoms with Crippen LogP contribution in [0.3, 0.4) is 0 Å². The number of hydrogen-bond acceptors (Lipinski definition) is 2. The summed E-state index contributed by atoms with van der Waals surface area (Å²) in [5.41, 5.74) is 0. The van der Waals surface area contributed by atoms with Crippen LogP contribution in [0.2, 0.25) is 0 Å². The smallest absolute Gasteiger partial charge is 0.236 e. The van der Waals surface area contributed by atoms with Gasteiger partial charge in [-0.05, 0) is 26.3 Å². The molecule has 3 nitrogen and oxygen atoms in total. The maximum Gasteiger partial charge on any atom is 0.236 e. The van der Waals surface area contributed by atoms with Crippen LogP contribution in [-0.4, -0.2) is 25.0 Å². The van der Waals surface area contributed by atoms with Crippen molar-refractivity contribution in [2.24, 2.45) is 0 Å². The van der Waals surface area contributed by atoms with E-state index >= 15 is 0 Å². The fourth-order valence-corrected chi connectivity index (χ4v) is 1.00. The van der Waals surface area contributed by atoms with Crippen molar-refractivity contribution in [1.82, 2.24) is 10.6 Å². The van der Waals surface area contributed by atoms with E-state index in [9.17, 15) is 4.79 Å². The predicted octanol–water partition coefficient (Wildman–Crippen LogP) is 0.904. The van der Waals surface area contributed by atoms with Gasteiger partial charge >= 0.3 is 0 Å². The number of rotatable bonds is 7. The molecule has 0 aromatic heterocycles. The normalized spacial score (nSPS) is 11.8. The average molecular weight is 196 g/mol. The molecule has 0 rings (SSSR count). The van der Waals surface area contributed by atoms with Gasteiger partial charge in [0.05, 0.1) is 6.04 Å². The molecule has 0 radical (unpaired) electrons. The van der Waals surface area contributed by atoms with Gasteiger partial charge in [0.2, 0.25) is 5.91 Å². The lowest BCUT2D eigenvalue weighted by atomic mass is 10.2. The maximum atomic E-state index is 11.4. The number of carbonyl (C=O) groups is 1. The lowest BCUT2D eigenvalue weighted by Crippen LogP contribution is -2.42. The first-order chi connectivity index (χ1) is 6.72. The van der Waals surface area contributed by atoms with Crippen LogP contribution in [0, 0.1) is 12.3 Å². The van der Waals surface area contributed by atoms with E-state index in [0.29, 0.717) is 0 Å². The van der Waals surface area contributed by atoms with Crippen LogP contribution < -0.4 is 10.6 Å². The number of carbonyl (C=O) groups excluding carboxylic acids is 1. The van der Waals surface area contributed by atoms with Crippen molar-refractivity contribution < 1.29 is 4.79 Å². The van der Waals surface area contributed by atoms with E-state index < -0.39 is 0 Å². The van der Waals surface area contributed by atoms with Gasteiger partial charge in [-0.2, -0.15) is 0 Å². The molecule has 0 saturated heterocycles. The van der Waals surface area contributed by atoms with Crippen LogP contribution in [0.4, 0.5) is 0 Å². The summed E-state index contributed by atoms with van der Waals surface area (Å²) in [6.45, 7) is 5.44. The highest BCUT2D eigenvalue weighted by molar-refractivity contribution is 5.81. The van der Waals surface area contributed by atoms with Crippen LogP contribution in [0.15, 0.2) is 0 Å². The Hall–Kier alpha value is -1.01. The number of hydrogen-bond donors (Lipinski definition) is 2. The summed E-state index contributed by atoms with van der Waals surface area (Å²) < 4.78 is 0. The second-order valence-corrected chi connectivity index (χ2v) is 3.27. The Morgan fingerprint density at radius 2 is 2.21 bits per heavy atom. The van der Waals surface area contributed by atoms with E-state index in [1.54, 1.807) is 0 Å². The summed E-state index contributed by atoms with van der Waals surface area (Å²) in [4.78, 5) is 11.4. The Morgan fingerprint density at radius 1 is 1.50 bits per heavy atom. The van der Waals surface area contributed by atoms with Gasteiger partial charge in [-0.15, -0.1) is 12.3 Å². The first-order valence-electron chi connectivity index (χ1n) is 5.17. The van der Waals surface area contributed by atoms with Gasteiger partial charge < -0.3 is 10.6 Å². The van der Waals surface area contributed by atoms with Gasteiger partial charge in [0.15, 0.2) is 0 Å². The van der Waals surface area contributed by atoms with Gasteiger partial charge in [0.1, 0.15) is 0 Å². The molecule has 0 bridgehead atoms. The molecule has 14 heavy (non-hydrogen) atoms. The number of terminal acetylenes is 1. The molecule has 1 unspecified atom stereocenters. The van der Waals surface area contributed by atoms with Crippen LogP contribution in [-0.2, 0) is 4.79 Å². The second-order valence-electron chi connectivity index (χ2n) is 3.27. The van der Waals surface area contributed by atoms with Crippen molar-refractivity contribution in [3.05, 3.63) is 0 Å². The third-order valence-electron chi connectivity index (χ3n) is 1.89. The van der Waals surface area contributed by atoms with E-state index in [1.807, 2.05) is 13.8 Å². The van der Waals surface area contributed by atoms with Crippen LogP contribution >= 0.6 is 0 Å².